The Bertz CT molecular complexity index is 458. The summed E-state index contributed by atoms with van der Waals surface area (Å²) in [7, 11) is 0. The monoisotopic (exact) mass is 267 g/mol. The van der Waals surface area contributed by atoms with E-state index in [0.717, 1.165) is 25.3 Å². The van der Waals surface area contributed by atoms with E-state index in [4.69, 9.17) is 11.6 Å². The molecule has 0 aliphatic carbocycles. The summed E-state index contributed by atoms with van der Waals surface area (Å²) in [5.41, 5.74) is 2.17. The Hall–Kier alpha value is -0.970. The van der Waals surface area contributed by atoms with Gasteiger partial charge in [-0.1, -0.05) is 53.3 Å². The molecule has 0 amide bonds. The minimum atomic E-state index is 0.691. The summed E-state index contributed by atoms with van der Waals surface area (Å²) in [5.74, 6) is 0. The third-order valence-electron chi connectivity index (χ3n) is 2.58. The van der Waals surface area contributed by atoms with Crippen LogP contribution >= 0.6 is 23.1 Å². The third kappa shape index (κ3) is 3.49. The SMILES string of the molecule is CCN(Cc1ccccc1)Cc1nnsc1Cl. The fourth-order valence-electron chi connectivity index (χ4n) is 1.62. The number of nitrogens with zero attached hydrogens (tertiary/aromatic N) is 3. The van der Waals surface area contributed by atoms with Gasteiger partial charge >= 0.3 is 0 Å². The molecule has 1 aromatic heterocycles. The van der Waals surface area contributed by atoms with Crippen LogP contribution in [0.4, 0.5) is 0 Å². The van der Waals surface area contributed by atoms with Crippen molar-refractivity contribution in [3.8, 4) is 0 Å². The molecule has 17 heavy (non-hydrogen) atoms. The molecule has 1 aromatic carbocycles. The average Bonchev–Trinajstić information content (AvgIpc) is 2.75. The molecule has 1 heterocycles. The zero-order valence-electron chi connectivity index (χ0n) is 9.64. The summed E-state index contributed by atoms with van der Waals surface area (Å²) in [6.45, 7) is 4.76. The minimum Gasteiger partial charge on any atom is -0.293 e. The number of hydrogen-bond acceptors (Lipinski definition) is 4. The van der Waals surface area contributed by atoms with Gasteiger partial charge in [0.05, 0.1) is 0 Å². The number of aromatic nitrogens is 2. The smallest absolute Gasteiger partial charge is 0.138 e. The molecule has 90 valence electrons. The molecule has 0 saturated carbocycles. The highest BCUT2D eigenvalue weighted by atomic mass is 35.5. The second-order valence-corrected chi connectivity index (χ2v) is 5.14. The highest BCUT2D eigenvalue weighted by molar-refractivity contribution is 7.10. The van der Waals surface area contributed by atoms with Gasteiger partial charge < -0.3 is 0 Å². The van der Waals surface area contributed by atoms with Gasteiger partial charge in [0, 0.05) is 24.6 Å². The van der Waals surface area contributed by atoms with Gasteiger partial charge in [0.2, 0.25) is 0 Å². The van der Waals surface area contributed by atoms with Crippen molar-refractivity contribution in [2.75, 3.05) is 6.54 Å². The van der Waals surface area contributed by atoms with Crippen molar-refractivity contribution in [3.63, 3.8) is 0 Å². The summed E-state index contributed by atoms with van der Waals surface area (Å²) in [5, 5.41) is 4.04. The fraction of sp³-hybridized carbons (Fsp3) is 0.333. The number of hydrogen-bond donors (Lipinski definition) is 0. The maximum absolute atomic E-state index is 6.01. The zero-order valence-corrected chi connectivity index (χ0v) is 11.2. The molecule has 0 N–H and O–H groups in total. The van der Waals surface area contributed by atoms with Crippen LogP contribution in [0.15, 0.2) is 30.3 Å². The van der Waals surface area contributed by atoms with E-state index in [2.05, 4.69) is 45.7 Å². The van der Waals surface area contributed by atoms with Crippen molar-refractivity contribution in [2.24, 2.45) is 0 Å². The second-order valence-electron chi connectivity index (χ2n) is 3.78. The van der Waals surface area contributed by atoms with Gasteiger partial charge in [0.15, 0.2) is 0 Å². The summed E-state index contributed by atoms with van der Waals surface area (Å²) >= 11 is 7.25. The Balaban J connectivity index is 2.00. The Morgan fingerprint density at radius 1 is 1.24 bits per heavy atom. The van der Waals surface area contributed by atoms with E-state index in [1.807, 2.05) is 6.07 Å². The Labute approximate surface area is 110 Å². The molecule has 0 unspecified atom stereocenters. The van der Waals surface area contributed by atoms with Crippen LogP contribution in [-0.2, 0) is 13.1 Å². The largest absolute Gasteiger partial charge is 0.293 e. The highest BCUT2D eigenvalue weighted by Crippen LogP contribution is 2.19. The maximum atomic E-state index is 6.01. The van der Waals surface area contributed by atoms with Crippen LogP contribution in [-0.4, -0.2) is 21.0 Å². The topological polar surface area (TPSA) is 29.0 Å². The molecule has 5 heteroatoms. The van der Waals surface area contributed by atoms with Gasteiger partial charge in [-0.2, -0.15) is 0 Å². The van der Waals surface area contributed by atoms with Gasteiger partial charge in [-0.05, 0) is 12.1 Å². The first-order valence-electron chi connectivity index (χ1n) is 5.52. The van der Waals surface area contributed by atoms with E-state index < -0.39 is 0 Å². The lowest BCUT2D eigenvalue weighted by atomic mass is 10.2. The summed E-state index contributed by atoms with van der Waals surface area (Å²) in [4.78, 5) is 2.29. The van der Waals surface area contributed by atoms with Crippen LogP contribution in [0.25, 0.3) is 0 Å². The predicted molar refractivity (Wildman–Crippen MR) is 71.1 cm³/mol. The maximum Gasteiger partial charge on any atom is 0.138 e. The Morgan fingerprint density at radius 2 is 2.00 bits per heavy atom. The van der Waals surface area contributed by atoms with E-state index in [1.165, 1.54) is 17.1 Å². The van der Waals surface area contributed by atoms with Gasteiger partial charge in [0.25, 0.3) is 0 Å². The lowest BCUT2D eigenvalue weighted by molar-refractivity contribution is 0.268. The summed E-state index contributed by atoms with van der Waals surface area (Å²) < 4.78 is 4.54. The molecule has 0 fully saturated rings. The predicted octanol–water partition coefficient (Wildman–Crippen LogP) is 3.21. The molecule has 0 radical (unpaired) electrons. The minimum absolute atomic E-state index is 0.691. The molecule has 0 saturated heterocycles. The van der Waals surface area contributed by atoms with Gasteiger partial charge in [-0.3, -0.25) is 4.90 Å². The summed E-state index contributed by atoms with van der Waals surface area (Å²) in [6.07, 6.45) is 0. The lowest BCUT2D eigenvalue weighted by Gasteiger charge is -2.19. The van der Waals surface area contributed by atoms with Crippen molar-refractivity contribution in [3.05, 3.63) is 45.9 Å². The molecule has 0 aliphatic rings. The van der Waals surface area contributed by atoms with E-state index >= 15 is 0 Å². The zero-order chi connectivity index (χ0) is 12.1. The average molecular weight is 268 g/mol. The first kappa shape index (κ1) is 12.5. The second kappa shape index (κ2) is 6.10. The van der Waals surface area contributed by atoms with Crippen molar-refractivity contribution < 1.29 is 0 Å². The molecule has 0 spiro atoms. The molecule has 2 aromatic rings. The first-order valence-corrected chi connectivity index (χ1v) is 6.67. The van der Waals surface area contributed by atoms with Crippen LogP contribution < -0.4 is 0 Å². The van der Waals surface area contributed by atoms with Crippen LogP contribution in [0.2, 0.25) is 4.34 Å². The van der Waals surface area contributed by atoms with Crippen LogP contribution in [0.1, 0.15) is 18.2 Å². The standard InChI is InChI=1S/C12H14ClN3S/c1-2-16(8-10-6-4-3-5-7-10)9-11-12(13)17-15-14-11/h3-7H,2,8-9H2,1H3. The van der Waals surface area contributed by atoms with E-state index in [9.17, 15) is 0 Å². The van der Waals surface area contributed by atoms with Crippen LogP contribution in [0.3, 0.4) is 0 Å². The number of benzene rings is 1. The van der Waals surface area contributed by atoms with E-state index in [1.54, 1.807) is 0 Å². The Morgan fingerprint density at radius 3 is 2.59 bits per heavy atom. The molecule has 0 atom stereocenters. The van der Waals surface area contributed by atoms with Crippen molar-refractivity contribution >= 4 is 23.1 Å². The molecule has 3 nitrogen and oxygen atoms in total. The van der Waals surface area contributed by atoms with E-state index in [0.29, 0.717) is 4.34 Å². The lowest BCUT2D eigenvalue weighted by Crippen LogP contribution is -2.22. The molecular weight excluding hydrogens is 254 g/mol. The van der Waals surface area contributed by atoms with Gasteiger partial charge in [-0.25, -0.2) is 0 Å². The van der Waals surface area contributed by atoms with Crippen molar-refractivity contribution in [2.45, 2.75) is 20.0 Å². The first-order chi connectivity index (χ1) is 8.29. The molecule has 2 rings (SSSR count). The van der Waals surface area contributed by atoms with E-state index in [-0.39, 0.29) is 0 Å². The van der Waals surface area contributed by atoms with Crippen LogP contribution in [0, 0.1) is 0 Å². The number of halogens is 1. The Kier molecular flexibility index (Phi) is 4.48. The normalized spacial score (nSPS) is 11.0. The van der Waals surface area contributed by atoms with Crippen molar-refractivity contribution in [1.82, 2.24) is 14.5 Å². The summed E-state index contributed by atoms with van der Waals surface area (Å²) in [6, 6.07) is 10.4. The van der Waals surface area contributed by atoms with Crippen LogP contribution in [0.5, 0.6) is 0 Å². The number of rotatable bonds is 5. The quantitative estimate of drug-likeness (QED) is 0.833. The fourth-order valence-corrected chi connectivity index (χ4v) is 2.24. The van der Waals surface area contributed by atoms with Gasteiger partial charge in [-0.15, -0.1) is 5.10 Å². The van der Waals surface area contributed by atoms with Gasteiger partial charge in [0.1, 0.15) is 10.0 Å². The third-order valence-corrected chi connectivity index (χ3v) is 3.56. The highest BCUT2D eigenvalue weighted by Gasteiger charge is 2.10. The molecule has 0 bridgehead atoms. The molecule has 0 aliphatic heterocycles. The molecular formula is C12H14ClN3S. The van der Waals surface area contributed by atoms with Crippen molar-refractivity contribution in [1.29, 1.82) is 0 Å².